The van der Waals surface area contributed by atoms with Gasteiger partial charge < -0.3 is 19.0 Å². The number of ether oxygens (including phenoxy) is 1. The predicted octanol–water partition coefficient (Wildman–Crippen LogP) is 15.7. The third-order valence-electron chi connectivity index (χ3n) is 12.0. The number of pyridine rings is 1. The number of fused-ring (bicyclic) bond motifs is 7. The number of hydrogen-bond donors (Lipinski definition) is 0. The van der Waals surface area contributed by atoms with Crippen molar-refractivity contribution in [2.45, 2.75) is 26.2 Å². The number of aromatic nitrogens is 2. The highest BCUT2D eigenvalue weighted by molar-refractivity contribution is 6.11. The molecule has 1 aliphatic heterocycles. The summed E-state index contributed by atoms with van der Waals surface area (Å²) in [6.07, 6.45) is 1.85. The summed E-state index contributed by atoms with van der Waals surface area (Å²) in [6.45, 7) is 6.61. The molecule has 0 aliphatic carbocycles. The van der Waals surface area contributed by atoms with Gasteiger partial charge >= 0.3 is 0 Å². The lowest BCUT2D eigenvalue weighted by atomic mass is 9.88. The fourth-order valence-corrected chi connectivity index (χ4v) is 9.04. The van der Waals surface area contributed by atoms with Crippen molar-refractivity contribution in [2.24, 2.45) is 0 Å². The minimum absolute atomic E-state index is 0.0636. The maximum absolute atomic E-state index is 9.13. The molecule has 0 atom stereocenters. The van der Waals surface area contributed by atoms with Crippen LogP contribution in [0.1, 0.15) is 40.0 Å². The van der Waals surface area contributed by atoms with E-state index < -0.39 is 60.4 Å². The minimum Gasteiger partial charge on any atom is -0.453 e. The Morgan fingerprint density at radius 1 is 0.594 bits per heavy atom. The van der Waals surface area contributed by atoms with Crippen LogP contribution in [0.5, 0.6) is 11.5 Å². The molecule has 11 aromatic rings. The molecule has 0 unspecified atom stereocenters. The maximum atomic E-state index is 9.13. The van der Waals surface area contributed by atoms with E-state index in [1.54, 1.807) is 18.2 Å². The van der Waals surface area contributed by atoms with Gasteiger partial charge in [-0.3, -0.25) is 4.57 Å². The average Bonchev–Trinajstić information content (AvgIpc) is 4.09. The summed E-state index contributed by atoms with van der Waals surface area (Å²) in [5.74, 6) is 1.76. The van der Waals surface area contributed by atoms with Crippen LogP contribution in [0.15, 0.2) is 204 Å². The van der Waals surface area contributed by atoms with E-state index in [4.69, 9.17) is 27.8 Å². The Morgan fingerprint density at radius 3 is 1.98 bits per heavy atom. The highest BCUT2D eigenvalue weighted by atomic mass is 16.5. The van der Waals surface area contributed by atoms with E-state index in [0.29, 0.717) is 34.0 Å². The molecular weight excluding hydrogens is 785 g/mol. The van der Waals surface area contributed by atoms with Crippen molar-refractivity contribution in [3.05, 3.63) is 206 Å². The normalized spacial score (nSPS) is 15.0. The lowest BCUT2D eigenvalue weighted by molar-refractivity contribution is 0.477. The van der Waals surface area contributed by atoms with Gasteiger partial charge in [0.25, 0.3) is 0 Å². The number of furan rings is 1. The molecule has 0 saturated heterocycles. The Labute approximate surface area is 385 Å². The standard InChI is InChI=1S/C58H44N4O2/c1-58(2,3)40-31-32-59-55(33-40)62-49-25-12-10-21-45(49)46-30-29-42(36-52(46)62)63-54-35-41(34-48-47-22-11-15-28-53(47)64-57(48)54)60-37-61(51-27-14-13-26-50(51)60)56-43(38-17-6-4-7-18-38)23-16-24-44(56)39-19-8-5-9-20-39/h4-36H,37H2,1-3H3/i4D,5D,6D,7D,8D,9D,17D,18D,19D,20D. The van der Waals surface area contributed by atoms with E-state index >= 15 is 0 Å². The number of hydrogen-bond acceptors (Lipinski definition) is 5. The second-order valence-electron chi connectivity index (χ2n) is 16.9. The lowest BCUT2D eigenvalue weighted by Gasteiger charge is -2.27. The highest BCUT2D eigenvalue weighted by Gasteiger charge is 2.32. The monoisotopic (exact) mass is 838 g/mol. The molecule has 0 amide bonds. The smallest absolute Gasteiger partial charge is 0.178 e. The van der Waals surface area contributed by atoms with Crippen LogP contribution in [0.2, 0.25) is 0 Å². The topological polar surface area (TPSA) is 46.7 Å². The van der Waals surface area contributed by atoms with Crippen molar-refractivity contribution in [1.29, 1.82) is 0 Å². The van der Waals surface area contributed by atoms with Gasteiger partial charge in [-0.25, -0.2) is 4.98 Å². The summed E-state index contributed by atoms with van der Waals surface area (Å²) in [4.78, 5) is 8.83. The first-order valence-electron chi connectivity index (χ1n) is 26.1. The number of para-hydroxylation sites is 5. The zero-order valence-electron chi connectivity index (χ0n) is 45.1. The number of benzene rings is 8. The lowest BCUT2D eigenvalue weighted by Crippen LogP contribution is -2.25. The summed E-state index contributed by atoms with van der Waals surface area (Å²) >= 11 is 0. The molecule has 0 bridgehead atoms. The third-order valence-corrected chi connectivity index (χ3v) is 12.0. The van der Waals surface area contributed by atoms with Crippen molar-refractivity contribution in [1.82, 2.24) is 9.55 Å². The number of rotatable bonds is 7. The second kappa shape index (κ2) is 14.8. The molecule has 6 nitrogen and oxygen atoms in total. The van der Waals surface area contributed by atoms with Crippen LogP contribution in [0, 0.1) is 0 Å². The van der Waals surface area contributed by atoms with Crippen LogP contribution in [0.4, 0.5) is 22.7 Å². The SMILES string of the molecule is [2H]c1c([2H])c([2H])c(-c2cccc(-c3c([2H])c([2H])c([2H])c([2H])c3[2H])c2N2CN(c3cc(Oc4ccc5c6ccccc6n(-c6cc(C(C)(C)C)ccn6)c5c4)c4oc5ccccc5c4c3)c3ccccc32)c([2H])c1[2H]. The van der Waals surface area contributed by atoms with Crippen molar-refractivity contribution in [2.75, 3.05) is 16.5 Å². The molecular formula is C58H44N4O2. The molecule has 0 radical (unpaired) electrons. The van der Waals surface area contributed by atoms with E-state index in [2.05, 4.69) is 54.5 Å². The molecule has 64 heavy (non-hydrogen) atoms. The van der Waals surface area contributed by atoms with Crippen LogP contribution in [0.25, 0.3) is 71.8 Å². The van der Waals surface area contributed by atoms with Crippen LogP contribution in [-0.4, -0.2) is 16.2 Å². The van der Waals surface area contributed by atoms with E-state index in [0.717, 1.165) is 49.6 Å². The summed E-state index contributed by atoms with van der Waals surface area (Å²) in [6, 6.07) is 37.6. The fraction of sp³-hybridized carbons (Fsp3) is 0.0862. The molecule has 3 aromatic heterocycles. The van der Waals surface area contributed by atoms with E-state index in [1.165, 1.54) is 0 Å². The van der Waals surface area contributed by atoms with Crippen LogP contribution in [-0.2, 0) is 5.41 Å². The van der Waals surface area contributed by atoms with Crippen LogP contribution < -0.4 is 14.5 Å². The molecule has 8 aromatic carbocycles. The zero-order chi connectivity index (χ0) is 51.6. The number of nitrogens with zero attached hydrogens (tertiary/aromatic N) is 4. The van der Waals surface area contributed by atoms with Gasteiger partial charge in [0.2, 0.25) is 0 Å². The first-order valence-corrected chi connectivity index (χ1v) is 21.1. The van der Waals surface area contributed by atoms with Gasteiger partial charge in [-0.1, -0.05) is 148 Å². The summed E-state index contributed by atoms with van der Waals surface area (Å²) in [5.41, 5.74) is 6.65. The first-order chi connectivity index (χ1) is 35.5. The first kappa shape index (κ1) is 28.5. The Kier molecular flexibility index (Phi) is 6.58. The Hall–Kier alpha value is -8.09. The second-order valence-corrected chi connectivity index (χ2v) is 16.9. The van der Waals surface area contributed by atoms with E-state index in [9.17, 15) is 0 Å². The van der Waals surface area contributed by atoms with Crippen molar-refractivity contribution in [3.8, 4) is 39.6 Å². The van der Waals surface area contributed by atoms with Gasteiger partial charge in [0.15, 0.2) is 11.3 Å². The van der Waals surface area contributed by atoms with Gasteiger partial charge in [-0.05, 0) is 76.7 Å². The van der Waals surface area contributed by atoms with Crippen molar-refractivity contribution < 1.29 is 22.9 Å². The fourth-order valence-electron chi connectivity index (χ4n) is 9.04. The van der Waals surface area contributed by atoms with Gasteiger partial charge in [-0.15, -0.1) is 0 Å². The summed E-state index contributed by atoms with van der Waals surface area (Å²) in [7, 11) is 0. The Morgan fingerprint density at radius 2 is 1.25 bits per heavy atom. The molecule has 308 valence electrons. The van der Waals surface area contributed by atoms with Crippen LogP contribution in [0.3, 0.4) is 0 Å². The Bertz CT molecular complexity index is 4040. The van der Waals surface area contributed by atoms with Crippen molar-refractivity contribution >= 4 is 66.5 Å². The van der Waals surface area contributed by atoms with Crippen LogP contribution >= 0.6 is 0 Å². The molecule has 0 N–H and O–H groups in total. The van der Waals surface area contributed by atoms with Crippen molar-refractivity contribution in [3.63, 3.8) is 0 Å². The van der Waals surface area contributed by atoms with E-state index in [-0.39, 0.29) is 40.0 Å². The minimum atomic E-state index is -0.560. The molecule has 0 saturated carbocycles. The highest BCUT2D eigenvalue weighted by Crippen LogP contribution is 2.51. The number of anilines is 4. The maximum Gasteiger partial charge on any atom is 0.178 e. The van der Waals surface area contributed by atoms with Gasteiger partial charge in [0.1, 0.15) is 23.8 Å². The third kappa shape index (κ3) is 6.21. The Balaban J connectivity index is 1.05. The summed E-state index contributed by atoms with van der Waals surface area (Å²) in [5, 5.41) is 3.73. The molecule has 1 aliphatic rings. The largest absolute Gasteiger partial charge is 0.453 e. The zero-order valence-corrected chi connectivity index (χ0v) is 35.1. The molecule has 12 rings (SSSR count). The van der Waals surface area contributed by atoms with Gasteiger partial charge in [-0.2, -0.15) is 0 Å². The predicted molar refractivity (Wildman–Crippen MR) is 264 cm³/mol. The summed E-state index contributed by atoms with van der Waals surface area (Å²) < 4.78 is 104. The van der Waals surface area contributed by atoms with Gasteiger partial charge in [0, 0.05) is 56.7 Å². The molecule has 4 heterocycles. The van der Waals surface area contributed by atoms with E-state index in [1.807, 2.05) is 102 Å². The molecule has 6 heteroatoms. The average molecular weight is 839 g/mol. The quantitative estimate of drug-likeness (QED) is 0.160. The molecule has 0 fully saturated rings. The van der Waals surface area contributed by atoms with Gasteiger partial charge in [0.05, 0.1) is 41.8 Å². The molecule has 0 spiro atoms.